The Morgan fingerprint density at radius 2 is 1.79 bits per heavy atom. The van der Waals surface area contributed by atoms with Gasteiger partial charge in [-0.05, 0) is 56.8 Å². The van der Waals surface area contributed by atoms with Gasteiger partial charge in [-0.2, -0.15) is 0 Å². The quantitative estimate of drug-likeness (QED) is 0.742. The van der Waals surface area contributed by atoms with Gasteiger partial charge in [0.25, 0.3) is 5.91 Å². The van der Waals surface area contributed by atoms with Crippen LogP contribution in [0.1, 0.15) is 36.0 Å². The molecule has 2 saturated heterocycles. The van der Waals surface area contributed by atoms with Gasteiger partial charge >= 0.3 is 0 Å². The van der Waals surface area contributed by atoms with Gasteiger partial charge in [0.05, 0.1) is 14.2 Å². The van der Waals surface area contributed by atoms with Gasteiger partial charge in [0, 0.05) is 37.2 Å². The summed E-state index contributed by atoms with van der Waals surface area (Å²) >= 11 is 0. The molecule has 3 rings (SSSR count). The molecule has 0 aliphatic carbocycles. The van der Waals surface area contributed by atoms with Crippen molar-refractivity contribution in [2.75, 3.05) is 46.9 Å². The molecule has 1 aromatic rings. The molecule has 28 heavy (non-hydrogen) atoms. The number of nitrogens with one attached hydrogen (secondary N) is 2. The summed E-state index contributed by atoms with van der Waals surface area (Å²) < 4.78 is 10.5. The number of amides is 2. The fourth-order valence-corrected chi connectivity index (χ4v) is 3.96. The van der Waals surface area contributed by atoms with Crippen molar-refractivity contribution in [1.82, 2.24) is 15.5 Å². The number of rotatable bonds is 7. The number of carbonyl (C=O) groups excluding carboxylic acids is 2. The van der Waals surface area contributed by atoms with Crippen molar-refractivity contribution < 1.29 is 19.1 Å². The third-order valence-corrected chi connectivity index (χ3v) is 5.77. The maximum Gasteiger partial charge on any atom is 0.254 e. The molecule has 1 unspecified atom stereocenters. The zero-order valence-corrected chi connectivity index (χ0v) is 16.8. The van der Waals surface area contributed by atoms with Gasteiger partial charge in [-0.1, -0.05) is 0 Å². The Morgan fingerprint density at radius 3 is 2.36 bits per heavy atom. The Bertz CT molecular complexity index is 658. The number of piperidine rings is 1. The van der Waals surface area contributed by atoms with Gasteiger partial charge in [-0.3, -0.25) is 9.59 Å². The lowest BCUT2D eigenvalue weighted by Gasteiger charge is -2.31. The molecule has 0 spiro atoms. The zero-order chi connectivity index (χ0) is 19.9. The predicted octanol–water partition coefficient (Wildman–Crippen LogP) is 1.67. The van der Waals surface area contributed by atoms with Gasteiger partial charge in [0.2, 0.25) is 5.91 Å². The second-order valence-electron chi connectivity index (χ2n) is 7.61. The van der Waals surface area contributed by atoms with Crippen LogP contribution in [0.3, 0.4) is 0 Å². The van der Waals surface area contributed by atoms with Crippen molar-refractivity contribution in [2.24, 2.45) is 11.8 Å². The Labute approximate surface area is 166 Å². The average Bonchev–Trinajstić information content (AvgIpc) is 3.26. The van der Waals surface area contributed by atoms with Crippen LogP contribution >= 0.6 is 0 Å². The summed E-state index contributed by atoms with van der Waals surface area (Å²) in [5, 5.41) is 6.43. The lowest BCUT2D eigenvalue weighted by molar-refractivity contribution is -0.126. The van der Waals surface area contributed by atoms with Crippen LogP contribution in [0.5, 0.6) is 11.5 Å². The van der Waals surface area contributed by atoms with Gasteiger partial charge in [-0.15, -0.1) is 0 Å². The maximum atomic E-state index is 12.8. The second kappa shape index (κ2) is 9.78. The number of ether oxygens (including phenoxy) is 2. The first-order chi connectivity index (χ1) is 13.6. The maximum absolute atomic E-state index is 12.8. The second-order valence-corrected chi connectivity index (χ2v) is 7.61. The molecule has 154 valence electrons. The van der Waals surface area contributed by atoms with E-state index in [0.717, 1.165) is 26.1 Å². The summed E-state index contributed by atoms with van der Waals surface area (Å²) in [6, 6.07) is 5.19. The Balaban J connectivity index is 1.47. The molecule has 2 heterocycles. The summed E-state index contributed by atoms with van der Waals surface area (Å²) in [4.78, 5) is 27.1. The summed E-state index contributed by atoms with van der Waals surface area (Å²) in [6.45, 7) is 4.07. The fraction of sp³-hybridized carbons (Fsp3) is 0.619. The monoisotopic (exact) mass is 389 g/mol. The van der Waals surface area contributed by atoms with E-state index in [0.29, 0.717) is 48.9 Å². The third kappa shape index (κ3) is 5.16. The van der Waals surface area contributed by atoms with Crippen molar-refractivity contribution in [1.29, 1.82) is 0 Å². The van der Waals surface area contributed by atoms with E-state index in [9.17, 15) is 9.59 Å². The first-order valence-corrected chi connectivity index (χ1v) is 10.1. The van der Waals surface area contributed by atoms with E-state index in [4.69, 9.17) is 9.47 Å². The van der Waals surface area contributed by atoms with Crippen LogP contribution in [0.4, 0.5) is 0 Å². The molecule has 0 aromatic heterocycles. The SMILES string of the molecule is COc1cc(OC)cc(C(=O)N2CCC(C(=O)NCCC3CCNC3)CC2)c1. The van der Waals surface area contributed by atoms with Gasteiger partial charge < -0.3 is 25.0 Å². The van der Waals surface area contributed by atoms with E-state index >= 15 is 0 Å². The van der Waals surface area contributed by atoms with Gasteiger partial charge in [0.1, 0.15) is 11.5 Å². The smallest absolute Gasteiger partial charge is 0.254 e. The summed E-state index contributed by atoms with van der Waals surface area (Å²) in [5.74, 6) is 1.93. The number of benzene rings is 1. The highest BCUT2D eigenvalue weighted by Crippen LogP contribution is 2.25. The first kappa shape index (κ1) is 20.5. The van der Waals surface area contributed by atoms with Crippen LogP contribution in [-0.4, -0.2) is 63.7 Å². The highest BCUT2D eigenvalue weighted by molar-refractivity contribution is 5.95. The third-order valence-electron chi connectivity index (χ3n) is 5.77. The molecule has 2 amide bonds. The average molecular weight is 389 g/mol. The van der Waals surface area contributed by atoms with Crippen molar-refractivity contribution in [2.45, 2.75) is 25.7 Å². The number of hydrogen-bond acceptors (Lipinski definition) is 5. The Hall–Kier alpha value is -2.28. The Morgan fingerprint density at radius 1 is 1.11 bits per heavy atom. The highest BCUT2D eigenvalue weighted by Gasteiger charge is 2.28. The molecule has 2 fully saturated rings. The summed E-state index contributed by atoms with van der Waals surface area (Å²) in [6.07, 6.45) is 3.63. The molecule has 7 heteroatoms. The molecular formula is C21H31N3O4. The molecule has 0 bridgehead atoms. The van der Waals surface area contributed by atoms with Crippen LogP contribution < -0.4 is 20.1 Å². The summed E-state index contributed by atoms with van der Waals surface area (Å²) in [7, 11) is 3.13. The number of likely N-dealkylation sites (tertiary alicyclic amines) is 1. The highest BCUT2D eigenvalue weighted by atomic mass is 16.5. The zero-order valence-electron chi connectivity index (χ0n) is 16.8. The summed E-state index contributed by atoms with van der Waals surface area (Å²) in [5.41, 5.74) is 0.546. The van der Waals surface area contributed by atoms with Crippen LogP contribution in [0, 0.1) is 11.8 Å². The lowest BCUT2D eigenvalue weighted by Crippen LogP contribution is -2.43. The Kier molecular flexibility index (Phi) is 7.14. The van der Waals surface area contributed by atoms with E-state index in [1.165, 1.54) is 6.42 Å². The minimum Gasteiger partial charge on any atom is -0.497 e. The number of hydrogen-bond donors (Lipinski definition) is 2. The fourth-order valence-electron chi connectivity index (χ4n) is 3.96. The minimum absolute atomic E-state index is 0.00870. The van der Waals surface area contributed by atoms with Crippen LogP contribution in [0.15, 0.2) is 18.2 Å². The van der Waals surface area contributed by atoms with E-state index in [2.05, 4.69) is 10.6 Å². The van der Waals surface area contributed by atoms with E-state index in [1.807, 2.05) is 4.90 Å². The van der Waals surface area contributed by atoms with Crippen molar-refractivity contribution in [3.63, 3.8) is 0 Å². The number of nitrogens with zero attached hydrogens (tertiary/aromatic N) is 1. The molecule has 2 aliphatic rings. The number of carbonyl (C=O) groups is 2. The predicted molar refractivity (Wildman–Crippen MR) is 107 cm³/mol. The van der Waals surface area contributed by atoms with E-state index < -0.39 is 0 Å². The lowest BCUT2D eigenvalue weighted by atomic mass is 9.95. The van der Waals surface area contributed by atoms with Crippen LogP contribution in [0.25, 0.3) is 0 Å². The topological polar surface area (TPSA) is 79.9 Å². The molecule has 2 N–H and O–H groups in total. The van der Waals surface area contributed by atoms with Crippen LogP contribution in [0.2, 0.25) is 0 Å². The first-order valence-electron chi connectivity index (χ1n) is 10.1. The van der Waals surface area contributed by atoms with E-state index in [-0.39, 0.29) is 17.7 Å². The van der Waals surface area contributed by atoms with Crippen molar-refractivity contribution >= 4 is 11.8 Å². The normalized spacial score (nSPS) is 20.1. The molecule has 1 aromatic carbocycles. The number of methoxy groups -OCH3 is 2. The molecule has 0 radical (unpaired) electrons. The molecule has 7 nitrogen and oxygen atoms in total. The molecule has 2 aliphatic heterocycles. The van der Waals surface area contributed by atoms with Gasteiger partial charge in [-0.25, -0.2) is 0 Å². The van der Waals surface area contributed by atoms with Crippen molar-refractivity contribution in [3.8, 4) is 11.5 Å². The minimum atomic E-state index is -0.0511. The molecule has 1 atom stereocenters. The molecule has 0 saturated carbocycles. The molecular weight excluding hydrogens is 358 g/mol. The van der Waals surface area contributed by atoms with Crippen molar-refractivity contribution in [3.05, 3.63) is 23.8 Å². The van der Waals surface area contributed by atoms with E-state index in [1.54, 1.807) is 32.4 Å². The van der Waals surface area contributed by atoms with Gasteiger partial charge in [0.15, 0.2) is 0 Å². The standard InChI is InChI=1S/C21H31N3O4/c1-27-18-11-17(12-19(13-18)28-2)21(26)24-9-5-16(6-10-24)20(25)23-8-4-15-3-7-22-14-15/h11-13,15-16,22H,3-10,14H2,1-2H3,(H,23,25). The largest absolute Gasteiger partial charge is 0.497 e. The van der Waals surface area contributed by atoms with Crippen LogP contribution in [-0.2, 0) is 4.79 Å².